The molecular formula is C10H8Cl2N2O2. The Bertz CT molecular complexity index is 446. The Kier molecular flexibility index (Phi) is 3.03. The van der Waals surface area contributed by atoms with E-state index in [4.69, 9.17) is 23.2 Å². The zero-order valence-corrected chi connectivity index (χ0v) is 9.68. The first-order valence-corrected chi connectivity index (χ1v) is 5.41. The van der Waals surface area contributed by atoms with Gasteiger partial charge in [-0.1, -0.05) is 23.2 Å². The van der Waals surface area contributed by atoms with E-state index in [1.165, 1.54) is 6.07 Å². The van der Waals surface area contributed by atoms with Crippen molar-refractivity contribution < 1.29 is 9.59 Å². The lowest BCUT2D eigenvalue weighted by Crippen LogP contribution is -2.50. The largest absolute Gasteiger partial charge is 0.337 e. The number of carbonyl (C=O) groups excluding carboxylic acids is 2. The molecule has 0 bridgehead atoms. The summed E-state index contributed by atoms with van der Waals surface area (Å²) in [4.78, 5) is 24.2. The first-order chi connectivity index (χ1) is 7.59. The minimum atomic E-state index is -0.472. The lowest BCUT2D eigenvalue weighted by Gasteiger charge is -2.26. The van der Waals surface area contributed by atoms with Crippen molar-refractivity contribution in [2.75, 3.05) is 11.4 Å². The molecule has 1 N–H and O–H groups in total. The summed E-state index contributed by atoms with van der Waals surface area (Å²) in [5.41, 5.74) is 0.316. The zero-order chi connectivity index (χ0) is 11.7. The van der Waals surface area contributed by atoms with Crippen molar-refractivity contribution in [1.82, 2.24) is 5.32 Å². The van der Waals surface area contributed by atoms with Crippen molar-refractivity contribution in [3.05, 3.63) is 28.2 Å². The maximum Gasteiger partial charge on any atom is 0.328 e. The fraction of sp³-hybridized carbons (Fsp3) is 0.200. The average Bonchev–Trinajstić information content (AvgIpc) is 2.23. The molecule has 0 radical (unpaired) electrons. The van der Waals surface area contributed by atoms with Crippen LogP contribution in [0.15, 0.2) is 18.2 Å². The Balaban J connectivity index is 2.45. The van der Waals surface area contributed by atoms with Crippen molar-refractivity contribution in [2.24, 2.45) is 0 Å². The van der Waals surface area contributed by atoms with E-state index in [1.807, 2.05) is 0 Å². The molecule has 0 aliphatic carbocycles. The Labute approximate surface area is 102 Å². The molecule has 0 atom stereocenters. The van der Waals surface area contributed by atoms with Crippen LogP contribution in [-0.2, 0) is 4.79 Å². The van der Waals surface area contributed by atoms with Crippen molar-refractivity contribution >= 4 is 40.8 Å². The van der Waals surface area contributed by atoms with Crippen LogP contribution in [0, 0.1) is 0 Å². The Hall–Kier alpha value is -1.26. The Morgan fingerprint density at radius 2 is 2.00 bits per heavy atom. The summed E-state index contributed by atoms with van der Waals surface area (Å²) in [6, 6.07) is 4.17. The number of amides is 3. The van der Waals surface area contributed by atoms with Crippen LogP contribution in [0.2, 0.25) is 10.0 Å². The molecule has 1 aliphatic rings. The maximum absolute atomic E-state index is 11.6. The summed E-state index contributed by atoms with van der Waals surface area (Å²) in [6.07, 6.45) is 0.259. The van der Waals surface area contributed by atoms with E-state index in [-0.39, 0.29) is 12.3 Å². The third kappa shape index (κ3) is 1.99. The van der Waals surface area contributed by atoms with E-state index in [9.17, 15) is 9.59 Å². The molecule has 3 amide bonds. The molecule has 6 heteroatoms. The van der Waals surface area contributed by atoms with Crippen molar-refractivity contribution in [1.29, 1.82) is 0 Å². The van der Waals surface area contributed by atoms with Crippen molar-refractivity contribution in [2.45, 2.75) is 6.42 Å². The summed E-state index contributed by atoms with van der Waals surface area (Å²) < 4.78 is 0. The zero-order valence-electron chi connectivity index (χ0n) is 8.17. The van der Waals surface area contributed by atoms with Gasteiger partial charge in [0.1, 0.15) is 0 Å². The van der Waals surface area contributed by atoms with E-state index < -0.39 is 6.03 Å². The molecule has 1 heterocycles. The quantitative estimate of drug-likeness (QED) is 0.842. The van der Waals surface area contributed by atoms with Gasteiger partial charge in [0.15, 0.2) is 0 Å². The number of hydrogen-bond acceptors (Lipinski definition) is 2. The van der Waals surface area contributed by atoms with Gasteiger partial charge in [0, 0.05) is 18.0 Å². The molecule has 0 saturated carbocycles. The van der Waals surface area contributed by atoms with Gasteiger partial charge in [-0.05, 0) is 18.2 Å². The molecule has 16 heavy (non-hydrogen) atoms. The van der Waals surface area contributed by atoms with Gasteiger partial charge in [0.25, 0.3) is 0 Å². The standard InChI is InChI=1S/C10H8Cl2N2O2/c11-6-1-2-7(12)8(5-6)14-9(15)3-4-13-10(14)16/h1-2,5H,3-4H2,(H,13,16). The highest BCUT2D eigenvalue weighted by Gasteiger charge is 2.28. The van der Waals surface area contributed by atoms with Crippen LogP contribution in [0.25, 0.3) is 0 Å². The number of carbonyl (C=O) groups is 2. The molecule has 1 aromatic carbocycles. The summed E-state index contributed by atoms with van der Waals surface area (Å²) in [5, 5.41) is 3.31. The van der Waals surface area contributed by atoms with Crippen LogP contribution in [0.1, 0.15) is 6.42 Å². The highest BCUT2D eigenvalue weighted by molar-refractivity contribution is 6.37. The van der Waals surface area contributed by atoms with Crippen molar-refractivity contribution in [3.63, 3.8) is 0 Å². The second kappa shape index (κ2) is 4.31. The number of halogens is 2. The van der Waals surface area contributed by atoms with Crippen LogP contribution >= 0.6 is 23.2 Å². The van der Waals surface area contributed by atoms with E-state index in [0.717, 1.165) is 4.90 Å². The van der Waals surface area contributed by atoms with Crippen molar-refractivity contribution in [3.8, 4) is 0 Å². The monoisotopic (exact) mass is 258 g/mol. The maximum atomic E-state index is 11.6. The van der Waals surface area contributed by atoms with E-state index >= 15 is 0 Å². The molecule has 2 rings (SSSR count). The number of benzene rings is 1. The highest BCUT2D eigenvalue weighted by Crippen LogP contribution is 2.30. The van der Waals surface area contributed by atoms with Crippen LogP contribution in [0.4, 0.5) is 10.5 Å². The fourth-order valence-corrected chi connectivity index (χ4v) is 1.85. The summed E-state index contributed by atoms with van der Waals surface area (Å²) >= 11 is 11.7. The topological polar surface area (TPSA) is 49.4 Å². The van der Waals surface area contributed by atoms with E-state index in [1.54, 1.807) is 12.1 Å². The van der Waals surface area contributed by atoms with Gasteiger partial charge >= 0.3 is 6.03 Å². The lowest BCUT2D eigenvalue weighted by atomic mass is 10.2. The lowest BCUT2D eigenvalue weighted by molar-refractivity contribution is -0.118. The number of urea groups is 1. The van der Waals surface area contributed by atoms with Gasteiger partial charge < -0.3 is 5.32 Å². The highest BCUT2D eigenvalue weighted by atomic mass is 35.5. The smallest absolute Gasteiger partial charge is 0.328 e. The van der Waals surface area contributed by atoms with Gasteiger partial charge in [-0.15, -0.1) is 0 Å². The van der Waals surface area contributed by atoms with Crippen LogP contribution < -0.4 is 10.2 Å². The first kappa shape index (κ1) is 11.2. The summed E-state index contributed by atoms with van der Waals surface area (Å²) in [6.45, 7) is 0.354. The molecule has 0 unspecified atom stereocenters. The predicted octanol–water partition coefficient (Wildman–Crippen LogP) is 2.44. The molecule has 0 spiro atoms. The Morgan fingerprint density at radius 3 is 2.69 bits per heavy atom. The number of hydrogen-bond donors (Lipinski definition) is 1. The van der Waals surface area contributed by atoms with Gasteiger partial charge in [-0.25, -0.2) is 9.69 Å². The number of nitrogens with zero attached hydrogens (tertiary/aromatic N) is 1. The molecule has 0 aromatic heterocycles. The second-order valence-electron chi connectivity index (χ2n) is 3.31. The van der Waals surface area contributed by atoms with Gasteiger partial charge in [0.2, 0.25) is 5.91 Å². The minimum absolute atomic E-state index is 0.259. The molecule has 1 aromatic rings. The van der Waals surface area contributed by atoms with Crippen LogP contribution in [0.5, 0.6) is 0 Å². The number of imide groups is 1. The molecule has 4 nitrogen and oxygen atoms in total. The molecule has 84 valence electrons. The van der Waals surface area contributed by atoms with Gasteiger partial charge in [-0.3, -0.25) is 4.79 Å². The summed E-state index contributed by atoms with van der Waals surface area (Å²) in [5.74, 6) is -0.284. The van der Waals surface area contributed by atoms with Crippen LogP contribution in [0.3, 0.4) is 0 Å². The van der Waals surface area contributed by atoms with E-state index in [0.29, 0.717) is 22.3 Å². The molecule has 1 aliphatic heterocycles. The van der Waals surface area contributed by atoms with E-state index in [2.05, 4.69) is 5.32 Å². The van der Waals surface area contributed by atoms with Gasteiger partial charge in [-0.2, -0.15) is 0 Å². The normalized spacial score (nSPS) is 16.2. The third-order valence-corrected chi connectivity index (χ3v) is 2.77. The fourth-order valence-electron chi connectivity index (χ4n) is 1.48. The first-order valence-electron chi connectivity index (χ1n) is 4.65. The number of rotatable bonds is 1. The molecule has 1 saturated heterocycles. The minimum Gasteiger partial charge on any atom is -0.337 e. The number of anilines is 1. The molecular weight excluding hydrogens is 251 g/mol. The second-order valence-corrected chi connectivity index (χ2v) is 4.15. The number of nitrogens with one attached hydrogen (secondary N) is 1. The molecule has 1 fully saturated rings. The predicted molar refractivity (Wildman–Crippen MR) is 62.0 cm³/mol. The summed E-state index contributed by atoms with van der Waals surface area (Å²) in [7, 11) is 0. The van der Waals surface area contributed by atoms with Gasteiger partial charge in [0.05, 0.1) is 10.7 Å². The van der Waals surface area contributed by atoms with Crippen LogP contribution in [-0.4, -0.2) is 18.5 Å². The third-order valence-electron chi connectivity index (χ3n) is 2.22. The SMILES string of the molecule is O=C1CCNC(=O)N1c1cc(Cl)ccc1Cl. The average molecular weight is 259 g/mol. The Morgan fingerprint density at radius 1 is 1.25 bits per heavy atom.